The third-order valence-electron chi connectivity index (χ3n) is 2.98. The lowest BCUT2D eigenvalue weighted by Gasteiger charge is -2.16. The van der Waals surface area contributed by atoms with Crippen LogP contribution in [0.25, 0.3) is 0 Å². The smallest absolute Gasteiger partial charge is 0.417 e. The van der Waals surface area contributed by atoms with Gasteiger partial charge in [0.15, 0.2) is 6.23 Å². The fourth-order valence-corrected chi connectivity index (χ4v) is 2.62. The summed E-state index contributed by atoms with van der Waals surface area (Å²) in [5.41, 5.74) is 1.95. The second-order valence-electron chi connectivity index (χ2n) is 4.62. The summed E-state index contributed by atoms with van der Waals surface area (Å²) in [5, 5.41) is 6.12. The predicted molar refractivity (Wildman–Crippen MR) is 77.6 cm³/mol. The number of nitrogens with one attached hydrogen (secondary N) is 2. The van der Waals surface area contributed by atoms with Gasteiger partial charge < -0.3 is 8.92 Å². The second-order valence-corrected chi connectivity index (χ2v) is 5.53. The first-order chi connectivity index (χ1) is 10.7. The van der Waals surface area contributed by atoms with E-state index < -0.39 is 23.9 Å². The Hall–Kier alpha value is -1.94. The Morgan fingerprint density at radius 3 is 2.70 bits per heavy atom. The Kier molecular flexibility index (Phi) is 5.05. The number of hydrazone groups is 1. The number of alkyl halides is 3. The lowest BCUT2D eigenvalue weighted by atomic mass is 10.0. The Labute approximate surface area is 134 Å². The molecule has 1 amide bonds. The van der Waals surface area contributed by atoms with Crippen molar-refractivity contribution in [2.24, 2.45) is 5.10 Å². The van der Waals surface area contributed by atoms with Gasteiger partial charge in [-0.15, -0.1) is 5.10 Å². The van der Waals surface area contributed by atoms with Crippen LogP contribution in [0.1, 0.15) is 28.4 Å². The van der Waals surface area contributed by atoms with Crippen molar-refractivity contribution in [2.45, 2.75) is 31.1 Å². The molecule has 1 atom stereocenters. The summed E-state index contributed by atoms with van der Waals surface area (Å²) in [4.78, 5) is 12.1. The second kappa shape index (κ2) is 6.67. The number of amides is 1. The zero-order chi connectivity index (χ0) is 17.2. The standard InChI is InChI=1S/C13H14F3N3O3S/c1-6-8(11(20)17-12-19-18-7(2)22-12)4-5-9(13(14,15)16)10(6)23-21-3/h4-5,7,18H,1-3H3,(H,17,19,20). The van der Waals surface area contributed by atoms with Crippen molar-refractivity contribution in [2.75, 3.05) is 7.11 Å². The molecule has 6 nitrogen and oxygen atoms in total. The van der Waals surface area contributed by atoms with Gasteiger partial charge in [-0.25, -0.2) is 0 Å². The van der Waals surface area contributed by atoms with Crippen LogP contribution in [0.5, 0.6) is 0 Å². The fraction of sp³-hybridized carbons (Fsp3) is 0.385. The minimum Gasteiger partial charge on any atom is -0.439 e. The highest BCUT2D eigenvalue weighted by Crippen LogP contribution is 2.39. The largest absolute Gasteiger partial charge is 0.439 e. The van der Waals surface area contributed by atoms with Crippen molar-refractivity contribution in [3.05, 3.63) is 28.8 Å². The van der Waals surface area contributed by atoms with Gasteiger partial charge in [-0.05, 0) is 31.5 Å². The normalized spacial score (nSPS) is 17.3. The predicted octanol–water partition coefficient (Wildman–Crippen LogP) is 2.63. The highest BCUT2D eigenvalue weighted by molar-refractivity contribution is 7.94. The molecule has 0 radical (unpaired) electrons. The summed E-state index contributed by atoms with van der Waals surface area (Å²) in [5.74, 6) is -0.621. The van der Waals surface area contributed by atoms with Crippen LogP contribution in [-0.2, 0) is 15.1 Å². The number of carbonyl (C=O) groups is 1. The van der Waals surface area contributed by atoms with Crippen LogP contribution in [0.2, 0.25) is 0 Å². The molecule has 0 aromatic heterocycles. The van der Waals surface area contributed by atoms with Gasteiger partial charge in [-0.3, -0.25) is 15.5 Å². The fourth-order valence-electron chi connectivity index (χ4n) is 1.94. The molecule has 1 aromatic rings. The third-order valence-corrected chi connectivity index (χ3v) is 3.84. The lowest BCUT2D eigenvalue weighted by Crippen LogP contribution is -2.32. The van der Waals surface area contributed by atoms with Gasteiger partial charge in [0.25, 0.3) is 5.91 Å². The SMILES string of the molecule is COSc1c(C(F)(F)F)ccc(C(=O)NC2=NNC(C)O2)c1C. The maximum absolute atomic E-state index is 13.0. The van der Waals surface area contributed by atoms with E-state index in [1.165, 1.54) is 14.0 Å². The molecule has 1 unspecified atom stereocenters. The summed E-state index contributed by atoms with van der Waals surface area (Å²) >= 11 is 0.556. The van der Waals surface area contributed by atoms with Crippen LogP contribution in [0.4, 0.5) is 13.2 Å². The van der Waals surface area contributed by atoms with E-state index in [1.54, 1.807) is 6.92 Å². The Morgan fingerprint density at radius 1 is 1.48 bits per heavy atom. The Balaban J connectivity index is 2.32. The molecule has 0 saturated heterocycles. The third kappa shape index (κ3) is 3.88. The molecule has 23 heavy (non-hydrogen) atoms. The summed E-state index contributed by atoms with van der Waals surface area (Å²) in [6.45, 7) is 3.10. The number of carbonyl (C=O) groups excluding carboxylic acids is 1. The van der Waals surface area contributed by atoms with Crippen molar-refractivity contribution >= 4 is 24.0 Å². The monoisotopic (exact) mass is 349 g/mol. The van der Waals surface area contributed by atoms with Crippen molar-refractivity contribution < 1.29 is 26.9 Å². The maximum atomic E-state index is 13.0. The van der Waals surface area contributed by atoms with Gasteiger partial charge in [0, 0.05) is 17.6 Å². The number of hydrogen-bond acceptors (Lipinski definition) is 6. The summed E-state index contributed by atoms with van der Waals surface area (Å²) in [6.07, 6.45) is -4.93. The van der Waals surface area contributed by atoms with Crippen LogP contribution in [0.3, 0.4) is 0 Å². The molecule has 2 N–H and O–H groups in total. The number of halogens is 3. The molecule has 0 spiro atoms. The molecule has 126 valence electrons. The molecule has 0 saturated carbocycles. The van der Waals surface area contributed by atoms with Crippen LogP contribution < -0.4 is 10.7 Å². The van der Waals surface area contributed by atoms with E-state index in [2.05, 4.69) is 15.8 Å². The van der Waals surface area contributed by atoms with Crippen LogP contribution >= 0.6 is 12.0 Å². The van der Waals surface area contributed by atoms with Gasteiger partial charge in [0.05, 0.1) is 17.6 Å². The minimum absolute atomic E-state index is 0.0391. The van der Waals surface area contributed by atoms with Gasteiger partial charge in [-0.2, -0.15) is 13.2 Å². The summed E-state index contributed by atoms with van der Waals surface area (Å²) < 4.78 is 49.0. The van der Waals surface area contributed by atoms with Gasteiger partial charge >= 0.3 is 12.2 Å². The molecule has 1 aromatic carbocycles. The number of hydrogen-bond donors (Lipinski definition) is 2. The number of amidine groups is 1. The average molecular weight is 349 g/mol. The zero-order valence-corrected chi connectivity index (χ0v) is 13.3. The molecular weight excluding hydrogens is 335 g/mol. The van der Waals surface area contributed by atoms with E-state index in [0.717, 1.165) is 12.1 Å². The molecule has 0 aliphatic carbocycles. The van der Waals surface area contributed by atoms with Crippen molar-refractivity contribution in [1.82, 2.24) is 10.7 Å². The average Bonchev–Trinajstić information content (AvgIpc) is 2.85. The topological polar surface area (TPSA) is 72.0 Å². The first kappa shape index (κ1) is 17.4. The zero-order valence-electron chi connectivity index (χ0n) is 12.4. The van der Waals surface area contributed by atoms with Crippen molar-refractivity contribution in [3.8, 4) is 0 Å². The summed E-state index contributed by atoms with van der Waals surface area (Å²) in [6, 6.07) is 1.92. The van der Waals surface area contributed by atoms with Gasteiger partial charge in [0.2, 0.25) is 0 Å². The molecule has 1 heterocycles. The number of ether oxygens (including phenoxy) is 1. The van der Waals surface area contributed by atoms with E-state index in [1.807, 2.05) is 0 Å². The van der Waals surface area contributed by atoms with E-state index in [9.17, 15) is 18.0 Å². The van der Waals surface area contributed by atoms with E-state index in [-0.39, 0.29) is 22.0 Å². The minimum atomic E-state index is -4.54. The van der Waals surface area contributed by atoms with Gasteiger partial charge in [-0.1, -0.05) is 0 Å². The number of rotatable bonds is 3. The molecule has 0 bridgehead atoms. The highest BCUT2D eigenvalue weighted by Gasteiger charge is 2.35. The number of benzene rings is 1. The Morgan fingerprint density at radius 2 is 2.17 bits per heavy atom. The van der Waals surface area contributed by atoms with E-state index in [4.69, 9.17) is 8.92 Å². The van der Waals surface area contributed by atoms with E-state index in [0.29, 0.717) is 12.0 Å². The van der Waals surface area contributed by atoms with Crippen LogP contribution in [0.15, 0.2) is 22.1 Å². The molecule has 1 aliphatic heterocycles. The molecule has 10 heteroatoms. The maximum Gasteiger partial charge on any atom is 0.417 e. The van der Waals surface area contributed by atoms with Crippen LogP contribution in [0, 0.1) is 6.92 Å². The van der Waals surface area contributed by atoms with Gasteiger partial charge in [0.1, 0.15) is 0 Å². The summed E-state index contributed by atoms with van der Waals surface area (Å²) in [7, 11) is 1.26. The molecule has 2 rings (SSSR count). The molecule has 1 aliphatic rings. The quantitative estimate of drug-likeness (QED) is 0.821. The van der Waals surface area contributed by atoms with Crippen LogP contribution in [-0.4, -0.2) is 25.3 Å². The first-order valence-electron chi connectivity index (χ1n) is 6.46. The molecule has 0 fully saturated rings. The number of nitrogens with zero attached hydrogens (tertiary/aromatic N) is 1. The first-order valence-corrected chi connectivity index (χ1v) is 7.21. The lowest BCUT2D eigenvalue weighted by molar-refractivity contribution is -0.139. The van der Waals surface area contributed by atoms with Crippen molar-refractivity contribution in [1.29, 1.82) is 0 Å². The Bertz CT molecular complexity index is 649. The highest BCUT2D eigenvalue weighted by atomic mass is 32.2. The van der Waals surface area contributed by atoms with Crippen molar-refractivity contribution in [3.63, 3.8) is 0 Å². The molecular formula is C13H14F3N3O3S. The van der Waals surface area contributed by atoms with E-state index >= 15 is 0 Å².